The number of carbonyl (C=O) groups excluding carboxylic acids is 1. The molecule has 1 amide bonds. The van der Waals surface area contributed by atoms with Crippen LogP contribution >= 0.6 is 0 Å². The van der Waals surface area contributed by atoms with Crippen molar-refractivity contribution in [3.05, 3.63) is 59.2 Å². The topological polar surface area (TPSA) is 94.6 Å². The minimum absolute atomic E-state index is 0.0478. The van der Waals surface area contributed by atoms with E-state index in [4.69, 9.17) is 18.9 Å². The number of likely N-dealkylation sites (tertiary alicyclic amines) is 1. The van der Waals surface area contributed by atoms with Gasteiger partial charge in [-0.15, -0.1) is 0 Å². The number of amides is 1. The number of aryl methyl sites for hydroxylation is 2. The Morgan fingerprint density at radius 3 is 2.38 bits per heavy atom. The molecule has 0 radical (unpaired) electrons. The van der Waals surface area contributed by atoms with Crippen molar-refractivity contribution in [3.8, 4) is 11.5 Å². The van der Waals surface area contributed by atoms with Crippen LogP contribution in [-0.2, 0) is 25.2 Å². The summed E-state index contributed by atoms with van der Waals surface area (Å²) in [4.78, 5) is 14.5. The van der Waals surface area contributed by atoms with Crippen LogP contribution < -0.4 is 9.47 Å². The van der Waals surface area contributed by atoms with E-state index in [0.29, 0.717) is 49.7 Å². The van der Waals surface area contributed by atoms with Gasteiger partial charge in [0.15, 0.2) is 0 Å². The second-order valence-electron chi connectivity index (χ2n) is 9.69. The zero-order chi connectivity index (χ0) is 26.6. The molecule has 0 aliphatic carbocycles. The van der Waals surface area contributed by atoms with Gasteiger partial charge in [-0.2, -0.15) is 0 Å². The van der Waals surface area contributed by atoms with E-state index >= 15 is 0 Å². The first kappa shape index (κ1) is 27.4. The van der Waals surface area contributed by atoms with Crippen LogP contribution in [0.25, 0.3) is 0 Å². The summed E-state index contributed by atoms with van der Waals surface area (Å²) in [7, 11) is -0.283. The summed E-state index contributed by atoms with van der Waals surface area (Å²) < 4.78 is 50.4. The second-order valence-corrected chi connectivity index (χ2v) is 11.7. The molecule has 0 aromatic heterocycles. The largest absolute Gasteiger partial charge is 0.486 e. The van der Waals surface area contributed by atoms with Gasteiger partial charge in [0, 0.05) is 33.4 Å². The van der Waals surface area contributed by atoms with Gasteiger partial charge in [-0.1, -0.05) is 30.3 Å². The van der Waals surface area contributed by atoms with Crippen LogP contribution in [-0.4, -0.2) is 82.4 Å². The maximum absolute atomic E-state index is 13.0. The van der Waals surface area contributed by atoms with Crippen LogP contribution in [0.2, 0.25) is 0 Å². The average molecular weight is 533 g/mol. The van der Waals surface area contributed by atoms with Gasteiger partial charge in [0.25, 0.3) is 0 Å². The summed E-state index contributed by atoms with van der Waals surface area (Å²) in [5.74, 6) is 0.967. The molecule has 0 N–H and O–H groups in total. The van der Waals surface area contributed by atoms with Crippen molar-refractivity contribution >= 4 is 16.1 Å². The molecule has 2 aliphatic heterocycles. The molecule has 2 aromatic rings. The lowest BCUT2D eigenvalue weighted by Gasteiger charge is -2.30. The monoisotopic (exact) mass is 532 g/mol. The van der Waals surface area contributed by atoms with E-state index < -0.39 is 22.2 Å². The number of methoxy groups -OCH3 is 1. The molecule has 2 saturated heterocycles. The Morgan fingerprint density at radius 1 is 1.05 bits per heavy atom. The molecule has 2 heterocycles. The lowest BCUT2D eigenvalue weighted by molar-refractivity contribution is 0.0341. The van der Waals surface area contributed by atoms with Crippen molar-refractivity contribution in [3.63, 3.8) is 0 Å². The molecule has 0 unspecified atom stereocenters. The molecule has 2 aromatic carbocycles. The zero-order valence-corrected chi connectivity index (χ0v) is 22.7. The number of carbonyl (C=O) groups is 1. The SMILES string of the molecule is CO[C@@H]1CN(C(=O)Oc2c(C)cccc2C)C[C@H]1Oc1cccc(CS(=O)(=O)N(C)C2CCOCC2)c1. The lowest BCUT2D eigenvalue weighted by atomic mass is 10.1. The Bertz CT molecular complexity index is 1180. The zero-order valence-electron chi connectivity index (χ0n) is 21.9. The van der Waals surface area contributed by atoms with Crippen LogP contribution in [0.5, 0.6) is 11.5 Å². The highest BCUT2D eigenvalue weighted by molar-refractivity contribution is 7.88. The summed E-state index contributed by atoms with van der Waals surface area (Å²) in [5.41, 5.74) is 2.41. The third kappa shape index (κ3) is 6.62. The quantitative estimate of drug-likeness (QED) is 0.513. The first-order valence-electron chi connectivity index (χ1n) is 12.5. The van der Waals surface area contributed by atoms with Crippen LogP contribution in [0.3, 0.4) is 0 Å². The average Bonchev–Trinajstić information content (AvgIpc) is 3.29. The molecule has 4 rings (SSSR count). The van der Waals surface area contributed by atoms with Crippen molar-refractivity contribution in [2.45, 2.75) is 50.7 Å². The molecule has 2 aliphatic rings. The van der Waals surface area contributed by atoms with Gasteiger partial charge < -0.3 is 23.8 Å². The van der Waals surface area contributed by atoms with Gasteiger partial charge in [0.2, 0.25) is 10.0 Å². The van der Waals surface area contributed by atoms with E-state index in [2.05, 4.69) is 0 Å². The van der Waals surface area contributed by atoms with Gasteiger partial charge in [0.1, 0.15) is 23.7 Å². The molecule has 0 spiro atoms. The molecule has 2 fully saturated rings. The van der Waals surface area contributed by atoms with Gasteiger partial charge in [-0.3, -0.25) is 0 Å². The van der Waals surface area contributed by atoms with Crippen LogP contribution in [0, 0.1) is 13.8 Å². The number of hydrogen-bond donors (Lipinski definition) is 0. The van der Waals surface area contributed by atoms with Crippen LogP contribution in [0.1, 0.15) is 29.5 Å². The highest BCUT2D eigenvalue weighted by Gasteiger charge is 2.38. The second kappa shape index (κ2) is 11.8. The number of benzene rings is 2. The maximum Gasteiger partial charge on any atom is 0.415 e. The molecule has 9 nitrogen and oxygen atoms in total. The predicted molar refractivity (Wildman–Crippen MR) is 139 cm³/mol. The Hall–Kier alpha value is -2.66. The highest BCUT2D eigenvalue weighted by Crippen LogP contribution is 2.27. The number of nitrogens with zero attached hydrogens (tertiary/aromatic N) is 2. The fourth-order valence-electron chi connectivity index (χ4n) is 4.82. The number of rotatable bonds is 8. The summed E-state index contributed by atoms with van der Waals surface area (Å²) in [6, 6.07) is 12.7. The molecule has 2 atom stereocenters. The molecule has 10 heteroatoms. The molecule has 37 heavy (non-hydrogen) atoms. The Kier molecular flexibility index (Phi) is 8.74. The van der Waals surface area contributed by atoms with E-state index in [1.807, 2.05) is 32.0 Å². The van der Waals surface area contributed by atoms with E-state index in [-0.39, 0.29) is 24.4 Å². The van der Waals surface area contributed by atoms with Gasteiger partial charge in [-0.05, 0) is 55.5 Å². The van der Waals surface area contributed by atoms with Gasteiger partial charge in [0.05, 0.1) is 18.8 Å². The summed E-state index contributed by atoms with van der Waals surface area (Å²) in [6.45, 7) is 5.57. The normalized spacial score (nSPS) is 20.8. The van der Waals surface area contributed by atoms with Crippen molar-refractivity contribution in [2.24, 2.45) is 0 Å². The molecular formula is C27H36N2O7S. The highest BCUT2D eigenvalue weighted by atomic mass is 32.2. The van der Waals surface area contributed by atoms with E-state index in [1.54, 1.807) is 43.3 Å². The summed E-state index contributed by atoms with van der Waals surface area (Å²) in [5, 5.41) is 0. The minimum Gasteiger partial charge on any atom is -0.486 e. The number of sulfonamides is 1. The van der Waals surface area contributed by atoms with Gasteiger partial charge in [-0.25, -0.2) is 17.5 Å². The third-order valence-electron chi connectivity index (χ3n) is 7.05. The fourth-order valence-corrected chi connectivity index (χ4v) is 6.29. The Balaban J connectivity index is 1.40. The van der Waals surface area contributed by atoms with Gasteiger partial charge >= 0.3 is 6.09 Å². The molecule has 0 bridgehead atoms. The smallest absolute Gasteiger partial charge is 0.415 e. The lowest BCUT2D eigenvalue weighted by Crippen LogP contribution is -2.41. The number of ether oxygens (including phenoxy) is 4. The number of para-hydroxylation sites is 1. The first-order valence-corrected chi connectivity index (χ1v) is 14.1. The molecule has 202 valence electrons. The van der Waals surface area contributed by atoms with E-state index in [0.717, 1.165) is 11.1 Å². The predicted octanol–water partition coefficient (Wildman–Crippen LogP) is 3.52. The van der Waals surface area contributed by atoms with E-state index in [1.165, 1.54) is 4.31 Å². The van der Waals surface area contributed by atoms with Crippen molar-refractivity contribution < 1.29 is 32.2 Å². The fraction of sp³-hybridized carbons (Fsp3) is 0.519. The molecule has 0 saturated carbocycles. The molecular weight excluding hydrogens is 496 g/mol. The standard InChI is InChI=1S/C27H36N2O7S/c1-19-7-5-8-20(2)26(19)36-27(30)29-16-24(33-4)25(17-29)35-23-10-6-9-21(15-23)18-37(31,32)28(3)22-11-13-34-14-12-22/h5-10,15,22,24-25H,11-14,16-18H2,1-4H3/t24-,25-/m1/s1. The summed E-state index contributed by atoms with van der Waals surface area (Å²) in [6.07, 6.45) is 0.161. The number of hydrogen-bond acceptors (Lipinski definition) is 7. The first-order chi connectivity index (χ1) is 17.7. The Labute approximate surface area is 219 Å². The Morgan fingerprint density at radius 2 is 1.70 bits per heavy atom. The van der Waals surface area contributed by atoms with Crippen LogP contribution in [0.4, 0.5) is 4.79 Å². The summed E-state index contributed by atoms with van der Waals surface area (Å²) >= 11 is 0. The van der Waals surface area contributed by atoms with Crippen molar-refractivity contribution in [2.75, 3.05) is 40.5 Å². The van der Waals surface area contributed by atoms with E-state index in [9.17, 15) is 13.2 Å². The minimum atomic E-state index is -3.50. The van der Waals surface area contributed by atoms with Crippen molar-refractivity contribution in [1.29, 1.82) is 0 Å². The third-order valence-corrected chi connectivity index (χ3v) is 8.93. The van der Waals surface area contributed by atoms with Crippen molar-refractivity contribution in [1.82, 2.24) is 9.21 Å². The van der Waals surface area contributed by atoms with Crippen LogP contribution in [0.15, 0.2) is 42.5 Å². The maximum atomic E-state index is 13.0.